The highest BCUT2D eigenvalue weighted by atomic mass is 35.5. The Hall–Kier alpha value is -2.78. The number of rotatable bonds is 4. The number of nitrogens with zero attached hydrogens (tertiary/aromatic N) is 6. The molecule has 1 aliphatic rings. The largest absolute Gasteiger partial charge is 0.481 e. The first-order chi connectivity index (χ1) is 14.0. The molecule has 0 atom stereocenters. The molecule has 1 amide bonds. The second-order valence-electron chi connectivity index (χ2n) is 7.10. The van der Waals surface area contributed by atoms with Gasteiger partial charge in [0.25, 0.3) is 0 Å². The Morgan fingerprint density at radius 3 is 2.48 bits per heavy atom. The van der Waals surface area contributed by atoms with Crippen LogP contribution in [-0.2, 0) is 4.74 Å². The lowest BCUT2D eigenvalue weighted by Gasteiger charge is -2.35. The van der Waals surface area contributed by atoms with Crippen molar-refractivity contribution in [2.75, 3.05) is 38.2 Å². The number of halogens is 2. The number of anilines is 1. The van der Waals surface area contributed by atoms with Gasteiger partial charge in [0, 0.05) is 44.0 Å². The van der Waals surface area contributed by atoms with E-state index in [0.29, 0.717) is 32.1 Å². The molecule has 3 aromatic heterocycles. The standard InChI is InChI=1S/C20H24N6O3.2ClH/c1-14(2)29-20(27)25-10-8-24(9-11-25)18-5-4-17-22-13-16(26(17)23-18)15-6-7-21-19(12-15)28-3;;/h4-7,12-14H,8-11H2,1-3H3;2*1H. The Morgan fingerprint density at radius 1 is 1.06 bits per heavy atom. The Labute approximate surface area is 193 Å². The Morgan fingerprint density at radius 2 is 1.81 bits per heavy atom. The molecule has 1 aliphatic heterocycles. The maximum absolute atomic E-state index is 12.1. The molecule has 4 heterocycles. The van der Waals surface area contributed by atoms with Crippen molar-refractivity contribution in [1.29, 1.82) is 0 Å². The van der Waals surface area contributed by atoms with Gasteiger partial charge in [-0.25, -0.2) is 19.3 Å². The molecule has 31 heavy (non-hydrogen) atoms. The van der Waals surface area contributed by atoms with Crippen LogP contribution in [0, 0.1) is 0 Å². The van der Waals surface area contributed by atoms with Crippen molar-refractivity contribution >= 4 is 42.4 Å². The molecule has 0 radical (unpaired) electrons. The van der Waals surface area contributed by atoms with E-state index in [2.05, 4.69) is 14.9 Å². The molecular formula is C20H26Cl2N6O3. The van der Waals surface area contributed by atoms with E-state index in [0.717, 1.165) is 22.7 Å². The fourth-order valence-electron chi connectivity index (χ4n) is 3.30. The van der Waals surface area contributed by atoms with E-state index in [1.807, 2.05) is 42.6 Å². The summed E-state index contributed by atoms with van der Waals surface area (Å²) < 4.78 is 12.3. The number of carbonyl (C=O) groups excluding carboxylic acids is 1. The number of amides is 1. The van der Waals surface area contributed by atoms with Gasteiger partial charge in [-0.05, 0) is 32.0 Å². The van der Waals surface area contributed by atoms with E-state index in [1.165, 1.54) is 0 Å². The molecule has 11 heteroatoms. The number of ether oxygens (including phenoxy) is 2. The summed E-state index contributed by atoms with van der Waals surface area (Å²) in [5, 5.41) is 4.79. The number of aromatic nitrogens is 4. The van der Waals surface area contributed by atoms with Crippen LogP contribution >= 0.6 is 24.8 Å². The van der Waals surface area contributed by atoms with Crippen LogP contribution in [0.15, 0.2) is 36.7 Å². The van der Waals surface area contributed by atoms with Crippen molar-refractivity contribution < 1.29 is 14.3 Å². The molecule has 0 aliphatic carbocycles. The lowest BCUT2D eigenvalue weighted by molar-refractivity contribution is 0.0751. The molecule has 9 nitrogen and oxygen atoms in total. The zero-order chi connectivity index (χ0) is 20.4. The molecule has 1 saturated heterocycles. The van der Waals surface area contributed by atoms with E-state index < -0.39 is 0 Å². The van der Waals surface area contributed by atoms with E-state index in [9.17, 15) is 4.79 Å². The van der Waals surface area contributed by atoms with Crippen molar-refractivity contribution in [1.82, 2.24) is 24.5 Å². The summed E-state index contributed by atoms with van der Waals surface area (Å²) in [6.07, 6.45) is 3.12. The van der Waals surface area contributed by atoms with Gasteiger partial charge in [0.1, 0.15) is 5.82 Å². The number of pyridine rings is 1. The third-order valence-electron chi connectivity index (χ3n) is 4.79. The minimum absolute atomic E-state index is 0. The molecule has 4 rings (SSSR count). The average Bonchev–Trinajstić information content (AvgIpc) is 3.16. The number of carbonyl (C=O) groups is 1. The maximum atomic E-state index is 12.1. The van der Waals surface area contributed by atoms with Crippen LogP contribution < -0.4 is 9.64 Å². The monoisotopic (exact) mass is 468 g/mol. The highest BCUT2D eigenvalue weighted by Gasteiger charge is 2.24. The number of hydrogen-bond donors (Lipinski definition) is 0. The Kier molecular flexibility index (Phi) is 8.29. The van der Waals surface area contributed by atoms with Gasteiger partial charge < -0.3 is 19.3 Å². The van der Waals surface area contributed by atoms with Gasteiger partial charge in [0.2, 0.25) is 5.88 Å². The highest BCUT2D eigenvalue weighted by Crippen LogP contribution is 2.24. The minimum atomic E-state index is -0.258. The lowest BCUT2D eigenvalue weighted by Crippen LogP contribution is -2.49. The van der Waals surface area contributed by atoms with Gasteiger partial charge in [-0.2, -0.15) is 0 Å². The summed E-state index contributed by atoms with van der Waals surface area (Å²) >= 11 is 0. The second-order valence-corrected chi connectivity index (χ2v) is 7.10. The van der Waals surface area contributed by atoms with E-state index >= 15 is 0 Å². The zero-order valence-electron chi connectivity index (χ0n) is 17.6. The van der Waals surface area contributed by atoms with Crippen LogP contribution in [0.1, 0.15) is 13.8 Å². The van der Waals surface area contributed by atoms with Crippen LogP contribution in [0.25, 0.3) is 16.9 Å². The van der Waals surface area contributed by atoms with Gasteiger partial charge in [-0.15, -0.1) is 29.9 Å². The Bertz CT molecular complexity index is 1020. The average molecular weight is 469 g/mol. The first-order valence-corrected chi connectivity index (χ1v) is 9.61. The van der Waals surface area contributed by atoms with E-state index in [1.54, 1.807) is 24.4 Å². The normalized spacial score (nSPS) is 13.5. The molecule has 3 aromatic rings. The molecule has 0 aromatic carbocycles. The van der Waals surface area contributed by atoms with E-state index in [4.69, 9.17) is 14.6 Å². The highest BCUT2D eigenvalue weighted by molar-refractivity contribution is 5.85. The number of imidazole rings is 1. The van der Waals surface area contributed by atoms with Crippen molar-refractivity contribution in [3.05, 3.63) is 36.7 Å². The van der Waals surface area contributed by atoms with Gasteiger partial charge in [-0.3, -0.25) is 0 Å². The van der Waals surface area contributed by atoms with Gasteiger partial charge in [0.15, 0.2) is 5.65 Å². The molecule has 0 N–H and O–H groups in total. The number of fused-ring (bicyclic) bond motifs is 1. The Balaban J connectivity index is 0.00000171. The third-order valence-corrected chi connectivity index (χ3v) is 4.79. The van der Waals surface area contributed by atoms with Gasteiger partial charge in [-0.1, -0.05) is 0 Å². The zero-order valence-corrected chi connectivity index (χ0v) is 19.2. The van der Waals surface area contributed by atoms with Crippen LogP contribution in [0.3, 0.4) is 0 Å². The fourth-order valence-corrected chi connectivity index (χ4v) is 3.30. The van der Waals surface area contributed by atoms with Gasteiger partial charge >= 0.3 is 6.09 Å². The summed E-state index contributed by atoms with van der Waals surface area (Å²) in [4.78, 5) is 24.6. The summed E-state index contributed by atoms with van der Waals surface area (Å²) in [5.74, 6) is 1.38. The fraction of sp³-hybridized carbons (Fsp3) is 0.400. The quantitative estimate of drug-likeness (QED) is 0.580. The predicted octanol–water partition coefficient (Wildman–Crippen LogP) is 3.31. The first-order valence-electron chi connectivity index (χ1n) is 9.61. The first kappa shape index (κ1) is 24.5. The van der Waals surface area contributed by atoms with Crippen molar-refractivity contribution in [3.8, 4) is 17.1 Å². The smallest absolute Gasteiger partial charge is 0.410 e. The number of hydrogen-bond acceptors (Lipinski definition) is 7. The minimum Gasteiger partial charge on any atom is -0.481 e. The summed E-state index contributed by atoms with van der Waals surface area (Å²) in [6.45, 7) is 6.30. The summed E-state index contributed by atoms with van der Waals surface area (Å²) in [5.41, 5.74) is 2.55. The predicted molar refractivity (Wildman–Crippen MR) is 123 cm³/mol. The molecule has 0 spiro atoms. The van der Waals surface area contributed by atoms with E-state index in [-0.39, 0.29) is 37.0 Å². The SMILES string of the molecule is COc1cc(-c2cnc3ccc(N4CCN(C(=O)OC(C)C)CC4)nn23)ccn1.Cl.Cl. The molecule has 0 saturated carbocycles. The van der Waals surface area contributed by atoms with Crippen LogP contribution in [0.2, 0.25) is 0 Å². The molecule has 0 bridgehead atoms. The number of piperazine rings is 1. The van der Waals surface area contributed by atoms with Gasteiger partial charge in [0.05, 0.1) is 25.1 Å². The van der Waals surface area contributed by atoms with Crippen LogP contribution in [0.5, 0.6) is 5.88 Å². The van der Waals surface area contributed by atoms with Crippen molar-refractivity contribution in [2.45, 2.75) is 20.0 Å². The molecule has 168 valence electrons. The molecule has 1 fully saturated rings. The number of methoxy groups -OCH3 is 1. The molecule has 0 unspecified atom stereocenters. The van der Waals surface area contributed by atoms with Crippen LogP contribution in [-0.4, -0.2) is 70.0 Å². The van der Waals surface area contributed by atoms with Crippen LogP contribution in [0.4, 0.5) is 10.6 Å². The summed E-state index contributed by atoms with van der Waals surface area (Å²) in [7, 11) is 1.59. The van der Waals surface area contributed by atoms with Crippen molar-refractivity contribution in [3.63, 3.8) is 0 Å². The maximum Gasteiger partial charge on any atom is 0.410 e. The summed E-state index contributed by atoms with van der Waals surface area (Å²) in [6, 6.07) is 7.67. The lowest BCUT2D eigenvalue weighted by atomic mass is 10.2. The van der Waals surface area contributed by atoms with Crippen molar-refractivity contribution in [2.24, 2.45) is 0 Å². The topological polar surface area (TPSA) is 85.1 Å². The molecular weight excluding hydrogens is 443 g/mol. The third kappa shape index (κ3) is 5.29. The second kappa shape index (κ2) is 10.5.